The third-order valence-corrected chi connectivity index (χ3v) is 2.82. The van der Waals surface area contributed by atoms with Gasteiger partial charge in [-0.2, -0.15) is 0 Å². The first-order valence-corrected chi connectivity index (χ1v) is 7.68. The van der Waals surface area contributed by atoms with Crippen molar-refractivity contribution in [3.8, 4) is 0 Å². The predicted molar refractivity (Wildman–Crippen MR) is 85.8 cm³/mol. The van der Waals surface area contributed by atoms with Gasteiger partial charge in [0, 0.05) is 6.42 Å². The fourth-order valence-corrected chi connectivity index (χ4v) is 1.67. The Bertz CT molecular complexity index is 344. The maximum absolute atomic E-state index is 10.3. The Hall–Kier alpha value is -1.53. The molecule has 0 atom stereocenters. The number of unbranched alkanes of at least 4 members (excludes halogenated alkanes) is 4. The Morgan fingerprint density at radius 1 is 0.950 bits per heavy atom. The van der Waals surface area contributed by atoms with E-state index in [1.54, 1.807) is 6.08 Å². The van der Waals surface area contributed by atoms with Gasteiger partial charge in [0.25, 0.3) is 0 Å². The topological polar surface area (TPSA) is 37.3 Å². The van der Waals surface area contributed by atoms with Crippen molar-refractivity contribution in [1.29, 1.82) is 0 Å². The fourth-order valence-electron chi connectivity index (χ4n) is 1.67. The van der Waals surface area contributed by atoms with Crippen LogP contribution in [0.4, 0.5) is 0 Å². The van der Waals surface area contributed by atoms with E-state index >= 15 is 0 Å². The number of allylic oxidation sites excluding steroid dienone is 5. The van der Waals surface area contributed by atoms with Crippen molar-refractivity contribution in [2.24, 2.45) is 0 Å². The van der Waals surface area contributed by atoms with Crippen LogP contribution in [-0.4, -0.2) is 11.1 Å². The van der Waals surface area contributed by atoms with Crippen LogP contribution in [0, 0.1) is 0 Å². The fraction of sp³-hybridized carbons (Fsp3) is 0.556. The van der Waals surface area contributed by atoms with Gasteiger partial charge in [0.2, 0.25) is 0 Å². The second kappa shape index (κ2) is 15.5. The molecule has 0 rings (SSSR count). The molecule has 0 amide bonds. The van der Waals surface area contributed by atoms with Gasteiger partial charge in [0.1, 0.15) is 0 Å². The first-order chi connectivity index (χ1) is 9.77. The summed E-state index contributed by atoms with van der Waals surface area (Å²) in [6.07, 6.45) is 21.5. The van der Waals surface area contributed by atoms with Crippen molar-refractivity contribution >= 4 is 5.97 Å². The lowest BCUT2D eigenvalue weighted by atomic mass is 10.1. The molecule has 0 heterocycles. The van der Waals surface area contributed by atoms with E-state index in [1.165, 1.54) is 32.1 Å². The molecule has 0 bridgehead atoms. The van der Waals surface area contributed by atoms with Gasteiger partial charge in [-0.15, -0.1) is 5.73 Å². The summed E-state index contributed by atoms with van der Waals surface area (Å²) < 4.78 is 0. The highest BCUT2D eigenvalue weighted by Gasteiger charge is 1.90. The first-order valence-electron chi connectivity index (χ1n) is 7.68. The highest BCUT2D eigenvalue weighted by molar-refractivity contribution is 5.66. The van der Waals surface area contributed by atoms with Gasteiger partial charge in [-0.3, -0.25) is 4.79 Å². The average molecular weight is 276 g/mol. The standard InChI is InChI=1S/C18H28O2/c1-2-3-4-5-6-7-8-9-10-11-12-13-14-15-16-17-18(19)20/h7-8,10-11,13,15H,2-6,9,12,16-17H2,1H3,(H,19,20)/b8-7-,11-10-. The zero-order valence-electron chi connectivity index (χ0n) is 12.7. The Balaban J connectivity index is 3.45. The van der Waals surface area contributed by atoms with Crippen molar-refractivity contribution in [3.63, 3.8) is 0 Å². The van der Waals surface area contributed by atoms with Gasteiger partial charge in [0.05, 0.1) is 0 Å². The minimum Gasteiger partial charge on any atom is -0.481 e. The maximum Gasteiger partial charge on any atom is 0.303 e. The lowest BCUT2D eigenvalue weighted by molar-refractivity contribution is -0.136. The van der Waals surface area contributed by atoms with E-state index in [0.29, 0.717) is 6.42 Å². The van der Waals surface area contributed by atoms with E-state index in [9.17, 15) is 4.79 Å². The van der Waals surface area contributed by atoms with Crippen molar-refractivity contribution in [1.82, 2.24) is 0 Å². The highest BCUT2D eigenvalue weighted by atomic mass is 16.4. The van der Waals surface area contributed by atoms with Crippen molar-refractivity contribution in [2.75, 3.05) is 0 Å². The third kappa shape index (κ3) is 16.5. The molecule has 0 spiro atoms. The summed E-state index contributed by atoms with van der Waals surface area (Å²) in [4.78, 5) is 10.3. The zero-order valence-corrected chi connectivity index (χ0v) is 12.7. The van der Waals surface area contributed by atoms with Crippen molar-refractivity contribution < 1.29 is 9.90 Å². The third-order valence-electron chi connectivity index (χ3n) is 2.82. The van der Waals surface area contributed by atoms with Crippen LogP contribution in [0.2, 0.25) is 0 Å². The smallest absolute Gasteiger partial charge is 0.303 e. The summed E-state index contributed by atoms with van der Waals surface area (Å²) in [7, 11) is 0. The lowest BCUT2D eigenvalue weighted by Gasteiger charge is -1.93. The van der Waals surface area contributed by atoms with Gasteiger partial charge in [0.15, 0.2) is 0 Å². The van der Waals surface area contributed by atoms with E-state index in [4.69, 9.17) is 5.11 Å². The van der Waals surface area contributed by atoms with Crippen LogP contribution in [0.5, 0.6) is 0 Å². The number of carboxylic acid groups (broad SMARTS) is 1. The van der Waals surface area contributed by atoms with Gasteiger partial charge in [-0.05, 0) is 44.3 Å². The molecule has 0 saturated heterocycles. The monoisotopic (exact) mass is 276 g/mol. The van der Waals surface area contributed by atoms with Crippen LogP contribution < -0.4 is 0 Å². The van der Waals surface area contributed by atoms with Gasteiger partial charge in [-0.1, -0.05) is 50.5 Å². The van der Waals surface area contributed by atoms with E-state index in [2.05, 4.69) is 37.0 Å². The summed E-state index contributed by atoms with van der Waals surface area (Å²) in [6.45, 7) is 2.23. The van der Waals surface area contributed by atoms with E-state index < -0.39 is 5.97 Å². The Morgan fingerprint density at radius 3 is 2.45 bits per heavy atom. The van der Waals surface area contributed by atoms with Crippen LogP contribution >= 0.6 is 0 Å². The average Bonchev–Trinajstić information content (AvgIpc) is 2.43. The molecule has 0 aromatic heterocycles. The molecule has 0 aromatic rings. The first kappa shape index (κ1) is 18.5. The van der Waals surface area contributed by atoms with Crippen LogP contribution in [0.15, 0.2) is 42.2 Å². The normalized spacial score (nSPS) is 10.8. The molecule has 0 fully saturated rings. The quantitative estimate of drug-likeness (QED) is 0.293. The Kier molecular flexibility index (Phi) is 14.3. The SMILES string of the molecule is CCCCCC/C=C\C/C=C\CC=C=CCCC(=O)O. The van der Waals surface area contributed by atoms with Crippen LogP contribution in [0.1, 0.15) is 64.7 Å². The molecule has 0 aliphatic carbocycles. The van der Waals surface area contributed by atoms with Crippen LogP contribution in [0.25, 0.3) is 0 Å². The maximum atomic E-state index is 10.3. The second-order valence-electron chi connectivity index (χ2n) is 4.77. The zero-order chi connectivity index (χ0) is 14.9. The molecule has 0 aliphatic rings. The molecule has 0 saturated carbocycles. The second-order valence-corrected chi connectivity index (χ2v) is 4.77. The molecule has 0 unspecified atom stereocenters. The van der Waals surface area contributed by atoms with Gasteiger partial charge in [-0.25, -0.2) is 0 Å². The van der Waals surface area contributed by atoms with E-state index in [1.807, 2.05) is 6.08 Å². The Labute approximate surface area is 123 Å². The Morgan fingerprint density at radius 2 is 1.70 bits per heavy atom. The minimum absolute atomic E-state index is 0.180. The number of carbonyl (C=O) groups is 1. The molecule has 0 aliphatic heterocycles. The summed E-state index contributed by atoms with van der Waals surface area (Å²) >= 11 is 0. The number of hydrogen-bond acceptors (Lipinski definition) is 1. The summed E-state index contributed by atoms with van der Waals surface area (Å²) in [5.74, 6) is -0.760. The summed E-state index contributed by atoms with van der Waals surface area (Å²) in [6, 6.07) is 0. The summed E-state index contributed by atoms with van der Waals surface area (Å²) in [5, 5.41) is 8.44. The molecule has 0 radical (unpaired) electrons. The number of carboxylic acids is 1. The molecule has 1 N–H and O–H groups in total. The van der Waals surface area contributed by atoms with Crippen LogP contribution in [-0.2, 0) is 4.79 Å². The lowest BCUT2D eigenvalue weighted by Crippen LogP contribution is -1.91. The predicted octanol–water partition coefficient (Wildman–Crippen LogP) is 5.43. The van der Waals surface area contributed by atoms with Gasteiger partial charge < -0.3 is 5.11 Å². The van der Waals surface area contributed by atoms with E-state index in [-0.39, 0.29) is 6.42 Å². The summed E-state index contributed by atoms with van der Waals surface area (Å²) in [5.41, 5.74) is 2.99. The number of hydrogen-bond donors (Lipinski definition) is 1. The van der Waals surface area contributed by atoms with Gasteiger partial charge >= 0.3 is 5.97 Å². The highest BCUT2D eigenvalue weighted by Crippen LogP contribution is 2.03. The molecule has 20 heavy (non-hydrogen) atoms. The van der Waals surface area contributed by atoms with Crippen LogP contribution in [0.3, 0.4) is 0 Å². The molecule has 2 heteroatoms. The molecule has 0 aromatic carbocycles. The molecule has 2 nitrogen and oxygen atoms in total. The number of rotatable bonds is 12. The molecular formula is C18H28O2. The molecular weight excluding hydrogens is 248 g/mol. The number of aliphatic carboxylic acids is 1. The van der Waals surface area contributed by atoms with E-state index in [0.717, 1.165) is 12.8 Å². The minimum atomic E-state index is -0.760. The largest absolute Gasteiger partial charge is 0.481 e. The van der Waals surface area contributed by atoms with Crippen molar-refractivity contribution in [2.45, 2.75) is 64.7 Å². The van der Waals surface area contributed by atoms with Crippen molar-refractivity contribution in [3.05, 3.63) is 42.2 Å². The molecule has 112 valence electrons.